The zero-order valence-corrected chi connectivity index (χ0v) is 9.66. The van der Waals surface area contributed by atoms with E-state index in [0.29, 0.717) is 18.1 Å². The topological polar surface area (TPSA) is 49.3 Å². The highest BCUT2D eigenvalue weighted by Gasteiger charge is 2.28. The van der Waals surface area contributed by atoms with Crippen molar-refractivity contribution in [3.63, 3.8) is 0 Å². The van der Waals surface area contributed by atoms with Crippen LogP contribution in [0.1, 0.15) is 49.7 Å². The van der Waals surface area contributed by atoms with Crippen LogP contribution >= 0.6 is 0 Å². The maximum absolute atomic E-state index is 10.7. The first-order chi connectivity index (χ1) is 7.63. The maximum atomic E-state index is 10.7. The number of carbonyl (C=O) groups excluding carboxylic acids is 1. The largest absolute Gasteiger partial charge is 0.508 e. The lowest BCUT2D eigenvalue weighted by molar-refractivity contribution is -0.105. The average Bonchev–Trinajstić information content (AvgIpc) is 3.03. The van der Waals surface area contributed by atoms with E-state index in [4.69, 9.17) is 0 Å². The number of phenolic OH excluding ortho intramolecular Hbond substituents is 1. The van der Waals surface area contributed by atoms with E-state index >= 15 is 0 Å². The van der Waals surface area contributed by atoms with Crippen molar-refractivity contribution in [2.45, 2.75) is 38.5 Å². The smallest absolute Gasteiger partial charge is 0.211 e. The molecule has 2 N–H and O–H groups in total. The van der Waals surface area contributed by atoms with Gasteiger partial charge in [0.25, 0.3) is 0 Å². The van der Waals surface area contributed by atoms with Crippen LogP contribution in [0.25, 0.3) is 0 Å². The van der Waals surface area contributed by atoms with Gasteiger partial charge in [0.05, 0.1) is 0 Å². The Labute approximate surface area is 95.5 Å². The number of anilines is 1. The Balaban J connectivity index is 2.52. The predicted octanol–water partition coefficient (Wildman–Crippen LogP) is 2.96. The van der Waals surface area contributed by atoms with E-state index < -0.39 is 0 Å². The van der Waals surface area contributed by atoms with E-state index in [-0.39, 0.29) is 5.92 Å². The van der Waals surface area contributed by atoms with Crippen LogP contribution in [0.2, 0.25) is 0 Å². The van der Waals surface area contributed by atoms with E-state index in [9.17, 15) is 9.90 Å². The van der Waals surface area contributed by atoms with E-state index in [0.717, 1.165) is 29.7 Å². The van der Waals surface area contributed by atoms with Crippen LogP contribution in [0, 0.1) is 0 Å². The van der Waals surface area contributed by atoms with Crippen LogP contribution in [0.3, 0.4) is 0 Å². The van der Waals surface area contributed by atoms with Gasteiger partial charge < -0.3 is 10.4 Å². The molecule has 0 aliphatic heterocycles. The summed E-state index contributed by atoms with van der Waals surface area (Å²) < 4.78 is 0. The average molecular weight is 219 g/mol. The molecule has 3 heteroatoms. The Morgan fingerprint density at radius 3 is 2.62 bits per heavy atom. The normalized spacial score (nSPS) is 15.2. The lowest BCUT2D eigenvalue weighted by Crippen LogP contribution is -2.04. The highest BCUT2D eigenvalue weighted by molar-refractivity contribution is 5.77. The molecule has 0 saturated heterocycles. The van der Waals surface area contributed by atoms with Gasteiger partial charge in [-0.15, -0.1) is 0 Å². The molecule has 0 aromatic heterocycles. The zero-order chi connectivity index (χ0) is 11.7. The minimum Gasteiger partial charge on any atom is -0.508 e. The molecule has 1 aromatic carbocycles. The fourth-order valence-electron chi connectivity index (χ4n) is 2.07. The van der Waals surface area contributed by atoms with Gasteiger partial charge in [0.2, 0.25) is 6.41 Å². The van der Waals surface area contributed by atoms with Gasteiger partial charge in [-0.1, -0.05) is 13.8 Å². The van der Waals surface area contributed by atoms with Crippen molar-refractivity contribution >= 4 is 12.1 Å². The molecule has 2 rings (SSSR count). The number of hydrogen-bond donors (Lipinski definition) is 2. The third kappa shape index (κ3) is 2.03. The Kier molecular flexibility index (Phi) is 2.86. The highest BCUT2D eigenvalue weighted by atomic mass is 16.3. The van der Waals surface area contributed by atoms with Gasteiger partial charge in [0.1, 0.15) is 5.75 Å². The molecule has 3 nitrogen and oxygen atoms in total. The third-order valence-corrected chi connectivity index (χ3v) is 3.03. The van der Waals surface area contributed by atoms with Crippen LogP contribution in [-0.2, 0) is 4.79 Å². The van der Waals surface area contributed by atoms with E-state index in [1.165, 1.54) is 0 Å². The number of rotatable bonds is 4. The van der Waals surface area contributed by atoms with Crippen molar-refractivity contribution in [2.24, 2.45) is 0 Å². The Bertz CT molecular complexity index is 385. The first-order valence-corrected chi connectivity index (χ1v) is 5.70. The number of amides is 1. The van der Waals surface area contributed by atoms with Crippen molar-refractivity contribution in [1.82, 2.24) is 0 Å². The first-order valence-electron chi connectivity index (χ1n) is 5.70. The number of carbonyl (C=O) groups is 1. The molecule has 1 saturated carbocycles. The summed E-state index contributed by atoms with van der Waals surface area (Å²) in [6.07, 6.45) is 3.01. The number of phenols is 1. The predicted molar refractivity (Wildman–Crippen MR) is 63.9 cm³/mol. The molecule has 16 heavy (non-hydrogen) atoms. The molecule has 1 aliphatic carbocycles. The summed E-state index contributed by atoms with van der Waals surface area (Å²) in [7, 11) is 0. The van der Waals surface area contributed by atoms with E-state index in [1.807, 2.05) is 0 Å². The molecule has 0 bridgehead atoms. The van der Waals surface area contributed by atoms with Gasteiger partial charge >= 0.3 is 0 Å². The first kappa shape index (κ1) is 11.0. The number of benzene rings is 1. The molecular weight excluding hydrogens is 202 g/mol. The Morgan fingerprint density at radius 1 is 1.44 bits per heavy atom. The number of aromatic hydroxyl groups is 1. The second-order valence-electron chi connectivity index (χ2n) is 4.69. The highest BCUT2D eigenvalue weighted by Crippen LogP contribution is 2.46. The second kappa shape index (κ2) is 4.16. The Morgan fingerprint density at radius 2 is 2.12 bits per heavy atom. The summed E-state index contributed by atoms with van der Waals surface area (Å²) in [6, 6.07) is 3.51. The minimum absolute atomic E-state index is 0.284. The molecular formula is C13H17NO2. The number of hydrogen-bond acceptors (Lipinski definition) is 2. The van der Waals surface area contributed by atoms with Crippen LogP contribution in [0.4, 0.5) is 5.69 Å². The van der Waals surface area contributed by atoms with Crippen LogP contribution in [-0.4, -0.2) is 11.5 Å². The molecule has 86 valence electrons. The van der Waals surface area contributed by atoms with Crippen LogP contribution in [0.5, 0.6) is 5.75 Å². The SMILES string of the molecule is CC(C)c1cc(O)cc(C2CC2)c1NC=O. The minimum atomic E-state index is 0.284. The van der Waals surface area contributed by atoms with Gasteiger partial charge in [0.15, 0.2) is 0 Å². The molecule has 1 amide bonds. The van der Waals surface area contributed by atoms with Crippen LogP contribution in [0.15, 0.2) is 12.1 Å². The number of nitrogens with one attached hydrogen (secondary N) is 1. The van der Waals surface area contributed by atoms with Gasteiger partial charge in [-0.3, -0.25) is 4.79 Å². The fourth-order valence-corrected chi connectivity index (χ4v) is 2.07. The standard InChI is InChI=1S/C13H17NO2/c1-8(2)11-5-10(16)6-12(9-3-4-9)13(11)14-7-15/h5-9,16H,3-4H2,1-2H3,(H,14,15). The zero-order valence-electron chi connectivity index (χ0n) is 9.66. The summed E-state index contributed by atoms with van der Waals surface area (Å²) in [5.74, 6) is 1.08. The monoisotopic (exact) mass is 219 g/mol. The van der Waals surface area contributed by atoms with Crippen molar-refractivity contribution in [1.29, 1.82) is 0 Å². The fraction of sp³-hybridized carbons (Fsp3) is 0.462. The lowest BCUT2D eigenvalue weighted by atomic mass is 9.95. The molecule has 0 spiro atoms. The third-order valence-electron chi connectivity index (χ3n) is 3.03. The lowest BCUT2D eigenvalue weighted by Gasteiger charge is -2.16. The summed E-state index contributed by atoms with van der Waals surface area (Å²) in [5, 5.41) is 12.5. The van der Waals surface area contributed by atoms with Gasteiger partial charge in [-0.2, -0.15) is 0 Å². The van der Waals surface area contributed by atoms with Crippen molar-refractivity contribution < 1.29 is 9.90 Å². The van der Waals surface area contributed by atoms with Gasteiger partial charge in [0, 0.05) is 5.69 Å². The molecule has 1 aliphatic rings. The van der Waals surface area contributed by atoms with Crippen molar-refractivity contribution in [3.05, 3.63) is 23.3 Å². The van der Waals surface area contributed by atoms with Crippen molar-refractivity contribution in [2.75, 3.05) is 5.32 Å². The maximum Gasteiger partial charge on any atom is 0.211 e. The molecule has 0 heterocycles. The molecule has 0 unspecified atom stereocenters. The summed E-state index contributed by atoms with van der Waals surface area (Å²) in [6.45, 7) is 4.11. The summed E-state index contributed by atoms with van der Waals surface area (Å²) >= 11 is 0. The van der Waals surface area contributed by atoms with E-state index in [1.54, 1.807) is 12.1 Å². The van der Waals surface area contributed by atoms with Gasteiger partial charge in [-0.25, -0.2) is 0 Å². The molecule has 1 fully saturated rings. The van der Waals surface area contributed by atoms with Crippen LogP contribution < -0.4 is 5.32 Å². The Hall–Kier alpha value is -1.51. The molecule has 1 aromatic rings. The van der Waals surface area contributed by atoms with E-state index in [2.05, 4.69) is 19.2 Å². The molecule has 0 atom stereocenters. The quantitative estimate of drug-likeness (QED) is 0.604. The second-order valence-corrected chi connectivity index (χ2v) is 4.69. The molecule has 0 radical (unpaired) electrons. The summed E-state index contributed by atoms with van der Waals surface area (Å²) in [4.78, 5) is 10.7. The summed E-state index contributed by atoms with van der Waals surface area (Å²) in [5.41, 5.74) is 2.98. The van der Waals surface area contributed by atoms with Gasteiger partial charge in [-0.05, 0) is 47.9 Å². The van der Waals surface area contributed by atoms with Crippen molar-refractivity contribution in [3.8, 4) is 5.75 Å².